The first kappa shape index (κ1) is 23.1. The van der Waals surface area contributed by atoms with Gasteiger partial charge in [-0.1, -0.05) is 38.1 Å². The van der Waals surface area contributed by atoms with Crippen molar-refractivity contribution in [3.05, 3.63) is 65.0 Å². The van der Waals surface area contributed by atoms with E-state index in [2.05, 4.69) is 36.3 Å². The van der Waals surface area contributed by atoms with Crippen molar-refractivity contribution >= 4 is 32.4 Å². The number of amides is 1. The van der Waals surface area contributed by atoms with Crippen molar-refractivity contribution in [1.82, 2.24) is 9.29 Å². The molecule has 31 heavy (non-hydrogen) atoms. The summed E-state index contributed by atoms with van der Waals surface area (Å²) >= 11 is 1.35. The highest BCUT2D eigenvalue weighted by Crippen LogP contribution is 2.27. The van der Waals surface area contributed by atoms with Gasteiger partial charge in [-0.3, -0.25) is 10.1 Å². The van der Waals surface area contributed by atoms with Crippen molar-refractivity contribution in [3.8, 4) is 11.3 Å². The molecule has 2 aromatic carbocycles. The zero-order valence-electron chi connectivity index (χ0n) is 18.3. The van der Waals surface area contributed by atoms with Crippen LogP contribution < -0.4 is 5.32 Å². The van der Waals surface area contributed by atoms with Crippen LogP contribution in [0.5, 0.6) is 0 Å². The van der Waals surface area contributed by atoms with Gasteiger partial charge >= 0.3 is 0 Å². The smallest absolute Gasteiger partial charge is 0.257 e. The number of hydrogen-bond donors (Lipinski definition) is 1. The van der Waals surface area contributed by atoms with E-state index in [1.54, 1.807) is 13.8 Å². The van der Waals surface area contributed by atoms with Crippen LogP contribution in [0, 0.1) is 0 Å². The maximum absolute atomic E-state index is 12.6. The van der Waals surface area contributed by atoms with Crippen LogP contribution in [0.25, 0.3) is 11.3 Å². The second-order valence-electron chi connectivity index (χ2n) is 7.91. The molecule has 8 heteroatoms. The first-order chi connectivity index (χ1) is 14.6. The van der Waals surface area contributed by atoms with E-state index in [0.29, 0.717) is 16.6 Å². The average molecular weight is 458 g/mol. The van der Waals surface area contributed by atoms with Crippen LogP contribution in [0.15, 0.2) is 58.8 Å². The van der Waals surface area contributed by atoms with Gasteiger partial charge < -0.3 is 0 Å². The zero-order valence-corrected chi connectivity index (χ0v) is 19.9. The SMILES string of the molecule is CC(C)c1ccc(-c2csc(NC(=O)c3ccc(S(=O)(=O)N(C)C(C)C)cc3)n2)cc1. The molecule has 164 valence electrons. The molecule has 0 unspecified atom stereocenters. The molecule has 0 aliphatic rings. The Morgan fingerprint density at radius 2 is 1.61 bits per heavy atom. The molecule has 0 aliphatic carbocycles. The van der Waals surface area contributed by atoms with Crippen LogP contribution in [-0.2, 0) is 10.0 Å². The Balaban J connectivity index is 1.71. The maximum Gasteiger partial charge on any atom is 0.257 e. The molecule has 0 saturated carbocycles. The van der Waals surface area contributed by atoms with Gasteiger partial charge in [0.1, 0.15) is 0 Å². The molecular formula is C23H27N3O3S2. The molecule has 3 rings (SSSR count). The summed E-state index contributed by atoms with van der Waals surface area (Å²) in [5.74, 6) is 0.128. The Bertz CT molecular complexity index is 1150. The lowest BCUT2D eigenvalue weighted by atomic mass is 10.0. The van der Waals surface area contributed by atoms with Gasteiger partial charge in [-0.05, 0) is 49.6 Å². The molecule has 0 aliphatic heterocycles. The Morgan fingerprint density at radius 3 is 2.16 bits per heavy atom. The second kappa shape index (κ2) is 9.30. The van der Waals surface area contributed by atoms with E-state index in [4.69, 9.17) is 0 Å². The van der Waals surface area contributed by atoms with E-state index < -0.39 is 10.0 Å². The van der Waals surface area contributed by atoms with E-state index in [9.17, 15) is 13.2 Å². The maximum atomic E-state index is 12.6. The number of nitrogens with one attached hydrogen (secondary N) is 1. The van der Waals surface area contributed by atoms with Crippen LogP contribution in [0.4, 0.5) is 5.13 Å². The summed E-state index contributed by atoms with van der Waals surface area (Å²) in [5.41, 5.74) is 3.42. The fraction of sp³-hybridized carbons (Fsp3) is 0.304. The molecule has 0 saturated heterocycles. The van der Waals surface area contributed by atoms with Crippen molar-refractivity contribution in [1.29, 1.82) is 0 Å². The number of sulfonamides is 1. The number of carbonyl (C=O) groups excluding carboxylic acids is 1. The Morgan fingerprint density at radius 1 is 1.00 bits per heavy atom. The van der Waals surface area contributed by atoms with E-state index in [1.807, 2.05) is 17.5 Å². The van der Waals surface area contributed by atoms with Gasteiger partial charge in [0.25, 0.3) is 5.91 Å². The lowest BCUT2D eigenvalue weighted by Crippen LogP contribution is -2.33. The lowest BCUT2D eigenvalue weighted by molar-refractivity contribution is 0.102. The number of benzene rings is 2. The Kier molecular flexibility index (Phi) is 6.93. The number of carbonyl (C=O) groups is 1. The summed E-state index contributed by atoms with van der Waals surface area (Å²) in [6.45, 7) is 7.91. The third-order valence-corrected chi connectivity index (χ3v) is 7.92. The summed E-state index contributed by atoms with van der Waals surface area (Å²) in [4.78, 5) is 17.2. The number of thiazole rings is 1. The number of rotatable bonds is 7. The fourth-order valence-electron chi connectivity index (χ4n) is 2.89. The quantitative estimate of drug-likeness (QED) is 0.528. The van der Waals surface area contributed by atoms with Crippen LogP contribution in [0.1, 0.15) is 49.5 Å². The van der Waals surface area contributed by atoms with Crippen molar-refractivity contribution in [3.63, 3.8) is 0 Å². The van der Waals surface area contributed by atoms with Gasteiger partial charge in [-0.15, -0.1) is 11.3 Å². The molecule has 0 fully saturated rings. The van der Waals surface area contributed by atoms with E-state index in [0.717, 1.165) is 11.3 Å². The molecule has 1 amide bonds. The Labute approximate surface area is 188 Å². The predicted molar refractivity (Wildman–Crippen MR) is 126 cm³/mol. The molecule has 1 aromatic heterocycles. The predicted octanol–water partition coefficient (Wildman–Crippen LogP) is 5.21. The zero-order chi connectivity index (χ0) is 22.8. The average Bonchev–Trinajstić information content (AvgIpc) is 3.21. The highest BCUT2D eigenvalue weighted by Gasteiger charge is 2.23. The van der Waals surface area contributed by atoms with Gasteiger partial charge in [0.05, 0.1) is 10.6 Å². The highest BCUT2D eigenvalue weighted by molar-refractivity contribution is 7.89. The first-order valence-electron chi connectivity index (χ1n) is 10.0. The highest BCUT2D eigenvalue weighted by atomic mass is 32.2. The Hall–Kier alpha value is -2.55. The van der Waals surface area contributed by atoms with Gasteiger partial charge in [-0.2, -0.15) is 4.31 Å². The summed E-state index contributed by atoms with van der Waals surface area (Å²) in [5, 5.41) is 5.18. The third kappa shape index (κ3) is 5.20. The topological polar surface area (TPSA) is 79.4 Å². The van der Waals surface area contributed by atoms with Crippen molar-refractivity contribution in [2.45, 2.75) is 44.6 Å². The van der Waals surface area contributed by atoms with E-state index >= 15 is 0 Å². The minimum atomic E-state index is -3.58. The van der Waals surface area contributed by atoms with Crippen LogP contribution in [-0.4, -0.2) is 36.7 Å². The summed E-state index contributed by atoms with van der Waals surface area (Å²) in [6, 6.07) is 14.0. The van der Waals surface area contributed by atoms with Crippen molar-refractivity contribution in [2.75, 3.05) is 12.4 Å². The van der Waals surface area contributed by atoms with Crippen LogP contribution in [0.3, 0.4) is 0 Å². The van der Waals surface area contributed by atoms with E-state index in [1.165, 1.54) is 52.5 Å². The van der Waals surface area contributed by atoms with Crippen LogP contribution >= 0.6 is 11.3 Å². The van der Waals surface area contributed by atoms with E-state index in [-0.39, 0.29) is 16.8 Å². The molecule has 0 bridgehead atoms. The number of anilines is 1. The second-order valence-corrected chi connectivity index (χ2v) is 10.8. The molecule has 6 nitrogen and oxygen atoms in total. The molecule has 3 aromatic rings. The van der Waals surface area contributed by atoms with Gasteiger partial charge in [0, 0.05) is 29.6 Å². The minimum absolute atomic E-state index is 0.154. The summed E-state index contributed by atoms with van der Waals surface area (Å²) in [7, 11) is -2.05. The number of hydrogen-bond acceptors (Lipinski definition) is 5. The van der Waals surface area contributed by atoms with Crippen LogP contribution in [0.2, 0.25) is 0 Å². The first-order valence-corrected chi connectivity index (χ1v) is 12.4. The lowest BCUT2D eigenvalue weighted by Gasteiger charge is -2.20. The molecule has 1 N–H and O–H groups in total. The molecule has 1 heterocycles. The fourth-order valence-corrected chi connectivity index (χ4v) is 4.98. The monoisotopic (exact) mass is 457 g/mol. The van der Waals surface area contributed by atoms with Gasteiger partial charge in [0.2, 0.25) is 10.0 Å². The summed E-state index contributed by atoms with van der Waals surface area (Å²) in [6.07, 6.45) is 0. The molecular weight excluding hydrogens is 430 g/mol. The standard InChI is InChI=1S/C23H27N3O3S2/c1-15(2)17-6-8-18(9-7-17)21-14-30-23(24-21)25-22(27)19-10-12-20(13-11-19)31(28,29)26(5)16(3)4/h6-16H,1-5H3,(H,24,25,27). The van der Waals surface area contributed by atoms with Gasteiger partial charge in [-0.25, -0.2) is 13.4 Å². The number of aromatic nitrogens is 1. The van der Waals surface area contributed by atoms with Gasteiger partial charge in [0.15, 0.2) is 5.13 Å². The molecule has 0 atom stereocenters. The number of nitrogens with zero attached hydrogens (tertiary/aromatic N) is 2. The third-order valence-electron chi connectivity index (χ3n) is 5.12. The van der Waals surface area contributed by atoms with Crippen molar-refractivity contribution < 1.29 is 13.2 Å². The minimum Gasteiger partial charge on any atom is -0.298 e. The largest absolute Gasteiger partial charge is 0.298 e. The molecule has 0 radical (unpaired) electrons. The van der Waals surface area contributed by atoms with Crippen molar-refractivity contribution in [2.24, 2.45) is 0 Å². The molecule has 0 spiro atoms. The summed E-state index contributed by atoms with van der Waals surface area (Å²) < 4.78 is 26.4. The normalized spacial score (nSPS) is 12.0.